The van der Waals surface area contributed by atoms with Crippen molar-refractivity contribution in [3.8, 4) is 0 Å². The Labute approximate surface area is 520 Å². The van der Waals surface area contributed by atoms with E-state index in [1.807, 2.05) is 0 Å². The van der Waals surface area contributed by atoms with Gasteiger partial charge in [-0.25, -0.2) is 0 Å². The standard InChI is InChI=1S/2C24H40O4.C24H38O4.2CH4/c3*1-14(4-7-21(27)28)17-5-6-18-22-19(9-11-24(17,18)3)23(2)10-8-16(25)12-15(23)13-20(22)26;;/h2*14-20,22,25-26H,4-13H2,1-3H3,(H,27,28);14-19,22,25H,4-13H2,1-3H3,(H,27,28);2*1H4/t14?,15-,16+,17+,18-,19-,20+,22-,23-,24+;14?,15-,16+,17+,18-,19-,20-,22-,23-,24+;14?,15-,16+,17+,18-,19-,22-,23-,24+;;/m000../s1. The minimum atomic E-state index is -0.698. The summed E-state index contributed by atoms with van der Waals surface area (Å²) in [6.45, 7) is 21.4. The molecule has 0 amide bonds. The van der Waals surface area contributed by atoms with Crippen LogP contribution in [0.2, 0.25) is 0 Å². The second kappa shape index (κ2) is 26.5. The summed E-state index contributed by atoms with van der Waals surface area (Å²) in [7, 11) is 0. The van der Waals surface area contributed by atoms with Gasteiger partial charge in [-0.1, -0.05) is 77.2 Å². The number of ketones is 1. The molecule has 0 aromatic carbocycles. The van der Waals surface area contributed by atoms with Crippen LogP contribution in [-0.2, 0) is 19.2 Å². The van der Waals surface area contributed by atoms with E-state index in [4.69, 9.17) is 15.3 Å². The van der Waals surface area contributed by atoms with E-state index < -0.39 is 17.9 Å². The first-order valence-electron chi connectivity index (χ1n) is 35.1. The fourth-order valence-corrected chi connectivity index (χ4v) is 25.9. The Hall–Kier alpha value is -2.12. The zero-order valence-electron chi connectivity index (χ0n) is 53.7. The van der Waals surface area contributed by atoms with Gasteiger partial charge in [-0.15, -0.1) is 0 Å². The van der Waals surface area contributed by atoms with E-state index in [1.54, 1.807) is 0 Å². The number of aliphatic hydroxyl groups is 5. The number of carboxylic acids is 3. The molecule has 12 aliphatic carbocycles. The quantitative estimate of drug-likeness (QED) is 0.0912. The Balaban J connectivity index is 0.000000166. The van der Waals surface area contributed by atoms with E-state index in [-0.39, 0.29) is 103 Å². The molecule has 12 saturated carbocycles. The van der Waals surface area contributed by atoms with E-state index in [1.165, 1.54) is 57.8 Å². The molecule has 0 saturated heterocycles. The van der Waals surface area contributed by atoms with E-state index in [0.717, 1.165) is 109 Å². The van der Waals surface area contributed by atoms with Crippen LogP contribution in [0.3, 0.4) is 0 Å². The highest BCUT2D eigenvalue weighted by molar-refractivity contribution is 5.83. The molecule has 0 aliphatic heterocycles. The van der Waals surface area contributed by atoms with Crippen LogP contribution in [0, 0.1) is 139 Å². The predicted octanol–water partition coefficient (Wildman–Crippen LogP) is 14.9. The van der Waals surface area contributed by atoms with Crippen LogP contribution in [-0.4, -0.2) is 95.1 Å². The topological polar surface area (TPSA) is 230 Å². The van der Waals surface area contributed by atoms with Crippen LogP contribution < -0.4 is 0 Å². The Morgan fingerprint density at radius 3 is 1.03 bits per heavy atom. The Morgan fingerprint density at radius 2 is 0.674 bits per heavy atom. The van der Waals surface area contributed by atoms with Crippen molar-refractivity contribution in [2.45, 2.75) is 300 Å². The van der Waals surface area contributed by atoms with Crippen molar-refractivity contribution >= 4 is 23.7 Å². The zero-order chi connectivity index (χ0) is 60.8. The Bertz CT molecular complexity index is 2260. The molecule has 0 heterocycles. The van der Waals surface area contributed by atoms with Gasteiger partial charge in [-0.05, 0) is 300 Å². The summed E-state index contributed by atoms with van der Waals surface area (Å²) in [5, 5.41) is 80.3. The molecule has 29 atom stereocenters. The van der Waals surface area contributed by atoms with Crippen LogP contribution in [0.5, 0.6) is 0 Å². The SMILES string of the molecule is C.C.CC(CCC(=O)O)[C@H]1CC[C@H]2[C@@H]3C(=O)C[C@@H]4C[C@H](O)CC[C@]4(C)[C@H]3CC[C@]12C.CC(CCC(=O)O)[C@H]1CC[C@H]2[C@@H]3[C@@H](O)C[C@@H]4C[C@H](O)CC[C@]4(C)[C@H]3CC[C@]12C.CC(CCC(=O)O)[C@H]1CC[C@H]2[C@@H]3[C@H](O)C[C@@H]4C[C@H](O)CC[C@]4(C)[C@H]3CC[C@]12C. The van der Waals surface area contributed by atoms with Gasteiger partial charge in [0.15, 0.2) is 0 Å². The highest BCUT2D eigenvalue weighted by atomic mass is 16.4. The number of aliphatic carboxylic acids is 3. The molecule has 0 spiro atoms. The maximum atomic E-state index is 13.3. The smallest absolute Gasteiger partial charge is 0.303 e. The highest BCUT2D eigenvalue weighted by Crippen LogP contribution is 2.72. The maximum absolute atomic E-state index is 13.3. The summed E-state index contributed by atoms with van der Waals surface area (Å²) in [6, 6.07) is 0. The second-order valence-corrected chi connectivity index (χ2v) is 33.9. The van der Waals surface area contributed by atoms with E-state index >= 15 is 0 Å². The van der Waals surface area contributed by atoms with Gasteiger partial charge in [0.1, 0.15) is 5.78 Å². The second-order valence-electron chi connectivity index (χ2n) is 33.9. The van der Waals surface area contributed by atoms with Gasteiger partial charge in [0, 0.05) is 31.6 Å². The minimum Gasteiger partial charge on any atom is -0.481 e. The molecule has 12 aliphatic rings. The van der Waals surface area contributed by atoms with E-state index in [0.29, 0.717) is 113 Å². The van der Waals surface area contributed by atoms with Crippen molar-refractivity contribution in [1.82, 2.24) is 0 Å². The third-order valence-electron chi connectivity index (χ3n) is 30.5. The first kappa shape index (κ1) is 69.8. The summed E-state index contributed by atoms with van der Waals surface area (Å²) in [5.74, 6) is 6.96. The lowest BCUT2D eigenvalue weighted by atomic mass is 9.43. The summed E-state index contributed by atoms with van der Waals surface area (Å²) >= 11 is 0. The third kappa shape index (κ3) is 12.4. The summed E-state index contributed by atoms with van der Waals surface area (Å²) in [4.78, 5) is 46.5. The number of Topliss-reactive ketones (excluding diaryl/α,β-unsaturated/α-hetero) is 1. The number of hydrogen-bond donors (Lipinski definition) is 8. The number of hydrogen-bond acceptors (Lipinski definition) is 9. The van der Waals surface area contributed by atoms with E-state index in [9.17, 15) is 44.7 Å². The number of fused-ring (bicyclic) bond motifs is 15. The number of rotatable bonds is 12. The highest BCUT2D eigenvalue weighted by Gasteiger charge is 2.66. The van der Waals surface area contributed by atoms with Crippen molar-refractivity contribution < 1.29 is 60.0 Å². The molecule has 0 aromatic heterocycles. The van der Waals surface area contributed by atoms with Gasteiger partial charge < -0.3 is 40.9 Å². The van der Waals surface area contributed by atoms with Gasteiger partial charge in [0.2, 0.25) is 0 Å². The summed E-state index contributed by atoms with van der Waals surface area (Å²) in [6.07, 6.45) is 27.2. The largest absolute Gasteiger partial charge is 0.481 e. The molecule has 8 N–H and O–H groups in total. The lowest BCUT2D eigenvalue weighted by Crippen LogP contribution is -2.58. The predicted molar refractivity (Wildman–Crippen MR) is 338 cm³/mol. The van der Waals surface area contributed by atoms with Crippen LogP contribution in [0.1, 0.15) is 270 Å². The van der Waals surface area contributed by atoms with Crippen molar-refractivity contribution in [2.24, 2.45) is 139 Å². The van der Waals surface area contributed by atoms with Crippen LogP contribution in [0.25, 0.3) is 0 Å². The van der Waals surface area contributed by atoms with Gasteiger partial charge in [-0.2, -0.15) is 0 Å². The summed E-state index contributed by atoms with van der Waals surface area (Å²) in [5.41, 5.74) is 1.45. The van der Waals surface area contributed by atoms with Crippen molar-refractivity contribution in [1.29, 1.82) is 0 Å². The molecule has 86 heavy (non-hydrogen) atoms. The minimum absolute atomic E-state index is 0. The number of carboxylic acid groups (broad SMARTS) is 3. The molecule has 0 radical (unpaired) electrons. The van der Waals surface area contributed by atoms with Crippen LogP contribution in [0.15, 0.2) is 0 Å². The lowest BCUT2D eigenvalue weighted by molar-refractivity contribution is -0.174. The lowest BCUT2D eigenvalue weighted by Gasteiger charge is -2.62. The first-order valence-corrected chi connectivity index (χ1v) is 35.1. The van der Waals surface area contributed by atoms with E-state index in [2.05, 4.69) is 62.3 Å². The van der Waals surface area contributed by atoms with Crippen molar-refractivity contribution in [3.05, 3.63) is 0 Å². The van der Waals surface area contributed by atoms with Gasteiger partial charge in [0.25, 0.3) is 0 Å². The fourth-order valence-electron chi connectivity index (χ4n) is 25.9. The molecule has 3 unspecified atom stereocenters. The fraction of sp³-hybridized carbons (Fsp3) is 0.946. The molecule has 12 nitrogen and oxygen atoms in total. The molecular weight excluding hydrogens is 1080 g/mol. The normalized spacial score (nSPS) is 49.6. The maximum Gasteiger partial charge on any atom is 0.303 e. The molecule has 494 valence electrons. The molecule has 0 aromatic rings. The zero-order valence-corrected chi connectivity index (χ0v) is 53.7. The number of aliphatic hydroxyl groups excluding tert-OH is 5. The average Bonchev–Trinajstić information content (AvgIpc) is 1.33. The van der Waals surface area contributed by atoms with Gasteiger partial charge >= 0.3 is 17.9 Å². The van der Waals surface area contributed by atoms with Crippen molar-refractivity contribution in [3.63, 3.8) is 0 Å². The summed E-state index contributed by atoms with van der Waals surface area (Å²) < 4.78 is 0. The monoisotopic (exact) mass is 1210 g/mol. The van der Waals surface area contributed by atoms with Gasteiger partial charge in [-0.3, -0.25) is 19.2 Å². The van der Waals surface area contributed by atoms with Crippen molar-refractivity contribution in [2.75, 3.05) is 0 Å². The molecule has 12 heteroatoms. The molecular formula is C74H126O12. The van der Waals surface area contributed by atoms with Crippen LogP contribution in [0.4, 0.5) is 0 Å². The number of carbonyl (C=O) groups excluding carboxylic acids is 1. The average molecular weight is 1210 g/mol. The number of carbonyl (C=O) groups is 4. The Morgan fingerprint density at radius 1 is 0.395 bits per heavy atom. The third-order valence-corrected chi connectivity index (χ3v) is 30.5. The Kier molecular flexibility index (Phi) is 21.5. The molecule has 12 rings (SSSR count). The molecule has 12 fully saturated rings. The first-order chi connectivity index (χ1) is 39.5. The van der Waals surface area contributed by atoms with Crippen LogP contribution >= 0.6 is 0 Å². The van der Waals surface area contributed by atoms with Gasteiger partial charge in [0.05, 0.1) is 30.5 Å². The molecule has 0 bridgehead atoms.